The summed E-state index contributed by atoms with van der Waals surface area (Å²) in [6, 6.07) is 10.8. The Bertz CT molecular complexity index is 565. The van der Waals surface area contributed by atoms with Crippen LogP contribution in [0.3, 0.4) is 0 Å². The van der Waals surface area contributed by atoms with E-state index < -0.39 is 0 Å². The van der Waals surface area contributed by atoms with E-state index in [0.29, 0.717) is 17.9 Å². The van der Waals surface area contributed by atoms with E-state index in [1.807, 2.05) is 31.2 Å². The van der Waals surface area contributed by atoms with Crippen LogP contribution in [-0.4, -0.2) is 25.7 Å². The highest BCUT2D eigenvalue weighted by Gasteiger charge is 2.10. The normalized spacial score (nSPS) is 11.7. The van der Waals surface area contributed by atoms with E-state index in [1.165, 1.54) is 0 Å². The van der Waals surface area contributed by atoms with E-state index in [0.717, 1.165) is 5.76 Å². The molecule has 1 aromatic heterocycles. The van der Waals surface area contributed by atoms with Gasteiger partial charge < -0.3 is 19.2 Å². The lowest BCUT2D eigenvalue weighted by atomic mass is 10.2. The topological polar surface area (TPSA) is 60.7 Å². The third-order valence-electron chi connectivity index (χ3n) is 2.91. The number of benzene rings is 1. The molecule has 1 heterocycles. The van der Waals surface area contributed by atoms with Gasteiger partial charge in [0.2, 0.25) is 0 Å². The summed E-state index contributed by atoms with van der Waals surface area (Å²) in [4.78, 5) is 11.8. The number of furan rings is 1. The van der Waals surface area contributed by atoms with Crippen molar-refractivity contribution in [3.8, 4) is 11.5 Å². The molecule has 0 saturated carbocycles. The van der Waals surface area contributed by atoms with Crippen LogP contribution in [0.25, 0.3) is 0 Å². The first kappa shape index (κ1) is 15.0. The molecular formula is C16H19NO4. The van der Waals surface area contributed by atoms with Crippen molar-refractivity contribution in [2.45, 2.75) is 19.4 Å². The van der Waals surface area contributed by atoms with Crippen molar-refractivity contribution in [3.63, 3.8) is 0 Å². The molecule has 0 spiro atoms. The molecule has 0 saturated heterocycles. The molecule has 1 atom stereocenters. The van der Waals surface area contributed by atoms with Crippen molar-refractivity contribution in [2.75, 3.05) is 13.7 Å². The second-order valence-electron chi connectivity index (χ2n) is 4.72. The Balaban J connectivity index is 1.76. The minimum Gasteiger partial charge on any atom is -0.497 e. The van der Waals surface area contributed by atoms with Gasteiger partial charge in [-0.1, -0.05) is 6.07 Å². The number of methoxy groups -OCH3 is 1. The Hall–Kier alpha value is -2.43. The van der Waals surface area contributed by atoms with Crippen LogP contribution in [0.4, 0.5) is 0 Å². The molecule has 2 rings (SSSR count). The smallest absolute Gasteiger partial charge is 0.258 e. The van der Waals surface area contributed by atoms with Crippen LogP contribution in [0, 0.1) is 0 Å². The highest BCUT2D eigenvalue weighted by Crippen LogP contribution is 2.18. The van der Waals surface area contributed by atoms with Gasteiger partial charge in [0.1, 0.15) is 17.3 Å². The fourth-order valence-corrected chi connectivity index (χ4v) is 1.94. The van der Waals surface area contributed by atoms with Gasteiger partial charge in [-0.25, -0.2) is 0 Å². The van der Waals surface area contributed by atoms with Crippen molar-refractivity contribution in [1.82, 2.24) is 5.32 Å². The summed E-state index contributed by atoms with van der Waals surface area (Å²) in [7, 11) is 1.59. The van der Waals surface area contributed by atoms with Crippen molar-refractivity contribution >= 4 is 5.91 Å². The number of carbonyl (C=O) groups is 1. The first-order valence-corrected chi connectivity index (χ1v) is 6.76. The fraction of sp³-hybridized carbons (Fsp3) is 0.312. The molecule has 1 unspecified atom stereocenters. The monoisotopic (exact) mass is 289 g/mol. The zero-order chi connectivity index (χ0) is 15.1. The number of nitrogens with one attached hydrogen (secondary N) is 1. The number of amides is 1. The number of carbonyl (C=O) groups excluding carboxylic acids is 1. The zero-order valence-electron chi connectivity index (χ0n) is 12.2. The van der Waals surface area contributed by atoms with Crippen LogP contribution >= 0.6 is 0 Å². The molecule has 112 valence electrons. The molecule has 1 N–H and O–H groups in total. The second-order valence-corrected chi connectivity index (χ2v) is 4.72. The Morgan fingerprint density at radius 2 is 2.10 bits per heavy atom. The maximum absolute atomic E-state index is 11.8. The predicted molar refractivity (Wildman–Crippen MR) is 78.5 cm³/mol. The minimum absolute atomic E-state index is 0.0161. The molecule has 0 fully saturated rings. The fourth-order valence-electron chi connectivity index (χ4n) is 1.94. The van der Waals surface area contributed by atoms with Gasteiger partial charge in [0.25, 0.3) is 5.91 Å². The summed E-state index contributed by atoms with van der Waals surface area (Å²) >= 11 is 0. The van der Waals surface area contributed by atoms with Gasteiger partial charge in [-0.3, -0.25) is 4.79 Å². The SMILES string of the molecule is COc1cccc(OCC(=O)NC(C)Cc2ccco2)c1. The molecule has 1 amide bonds. The maximum atomic E-state index is 11.8. The van der Waals surface area contributed by atoms with Crippen LogP contribution in [0.15, 0.2) is 47.1 Å². The van der Waals surface area contributed by atoms with E-state index in [-0.39, 0.29) is 18.6 Å². The first-order valence-electron chi connectivity index (χ1n) is 6.76. The molecule has 0 aliphatic rings. The van der Waals surface area contributed by atoms with Crippen LogP contribution < -0.4 is 14.8 Å². The van der Waals surface area contributed by atoms with Crippen LogP contribution in [0.1, 0.15) is 12.7 Å². The van der Waals surface area contributed by atoms with Crippen molar-refractivity contribution < 1.29 is 18.7 Å². The molecule has 0 aliphatic heterocycles. The Morgan fingerprint density at radius 1 is 1.29 bits per heavy atom. The van der Waals surface area contributed by atoms with Gasteiger partial charge in [0.15, 0.2) is 6.61 Å². The van der Waals surface area contributed by atoms with Crippen LogP contribution in [-0.2, 0) is 11.2 Å². The predicted octanol–water partition coefficient (Wildman–Crippen LogP) is 2.41. The highest BCUT2D eigenvalue weighted by atomic mass is 16.5. The second kappa shape index (κ2) is 7.38. The standard InChI is InChI=1S/C16H19NO4/c1-12(9-14-7-4-8-20-14)17-16(18)11-21-15-6-3-5-13(10-15)19-2/h3-8,10,12H,9,11H2,1-2H3,(H,17,18). The quantitative estimate of drug-likeness (QED) is 0.850. The lowest BCUT2D eigenvalue weighted by molar-refractivity contribution is -0.123. The summed E-state index contributed by atoms with van der Waals surface area (Å²) in [5.74, 6) is 1.97. The summed E-state index contributed by atoms with van der Waals surface area (Å²) < 4.78 is 15.8. The van der Waals surface area contributed by atoms with Gasteiger partial charge in [-0.15, -0.1) is 0 Å². The van der Waals surface area contributed by atoms with E-state index in [2.05, 4.69) is 5.32 Å². The number of ether oxygens (including phenoxy) is 2. The summed E-state index contributed by atoms with van der Waals surface area (Å²) in [6.45, 7) is 1.89. The maximum Gasteiger partial charge on any atom is 0.258 e. The molecule has 0 radical (unpaired) electrons. The number of hydrogen-bond donors (Lipinski definition) is 1. The van der Waals surface area contributed by atoms with Crippen LogP contribution in [0.5, 0.6) is 11.5 Å². The molecule has 5 nitrogen and oxygen atoms in total. The minimum atomic E-state index is -0.170. The number of hydrogen-bond acceptors (Lipinski definition) is 4. The van der Waals surface area contributed by atoms with Crippen molar-refractivity contribution in [1.29, 1.82) is 0 Å². The zero-order valence-corrected chi connectivity index (χ0v) is 12.2. The van der Waals surface area contributed by atoms with Gasteiger partial charge in [-0.05, 0) is 31.2 Å². The first-order chi connectivity index (χ1) is 10.2. The molecular weight excluding hydrogens is 270 g/mol. The van der Waals surface area contributed by atoms with E-state index in [9.17, 15) is 4.79 Å². The molecule has 5 heteroatoms. The van der Waals surface area contributed by atoms with Gasteiger partial charge in [-0.2, -0.15) is 0 Å². The highest BCUT2D eigenvalue weighted by molar-refractivity contribution is 5.77. The third kappa shape index (κ3) is 4.87. The summed E-state index contributed by atoms with van der Waals surface area (Å²) in [5.41, 5.74) is 0. The molecule has 0 aliphatic carbocycles. The summed E-state index contributed by atoms with van der Waals surface area (Å²) in [5, 5.41) is 2.86. The molecule has 21 heavy (non-hydrogen) atoms. The Labute approximate surface area is 123 Å². The van der Waals surface area contributed by atoms with Gasteiger partial charge >= 0.3 is 0 Å². The van der Waals surface area contributed by atoms with E-state index >= 15 is 0 Å². The average Bonchev–Trinajstić information content (AvgIpc) is 2.98. The number of rotatable bonds is 7. The van der Waals surface area contributed by atoms with Gasteiger partial charge in [0.05, 0.1) is 13.4 Å². The summed E-state index contributed by atoms with van der Waals surface area (Å²) in [6.07, 6.45) is 2.27. The largest absolute Gasteiger partial charge is 0.497 e. The van der Waals surface area contributed by atoms with Crippen molar-refractivity contribution in [2.24, 2.45) is 0 Å². The average molecular weight is 289 g/mol. The molecule has 2 aromatic rings. The molecule has 1 aromatic carbocycles. The third-order valence-corrected chi connectivity index (χ3v) is 2.91. The van der Waals surface area contributed by atoms with Crippen LogP contribution in [0.2, 0.25) is 0 Å². The van der Waals surface area contributed by atoms with E-state index in [4.69, 9.17) is 13.9 Å². The Kier molecular flexibility index (Phi) is 5.26. The Morgan fingerprint density at radius 3 is 2.81 bits per heavy atom. The van der Waals surface area contributed by atoms with E-state index in [1.54, 1.807) is 25.5 Å². The lowest BCUT2D eigenvalue weighted by Crippen LogP contribution is -2.37. The molecule has 0 bridgehead atoms. The van der Waals surface area contributed by atoms with Crippen molar-refractivity contribution in [3.05, 3.63) is 48.4 Å². The van der Waals surface area contributed by atoms with Gasteiger partial charge in [0, 0.05) is 18.5 Å². The lowest BCUT2D eigenvalue weighted by Gasteiger charge is -2.13.